The average Bonchev–Trinajstić information content (AvgIpc) is 2.24. The lowest BCUT2D eigenvalue weighted by Crippen LogP contribution is -2.07. The van der Waals surface area contributed by atoms with Gasteiger partial charge >= 0.3 is 0 Å². The second kappa shape index (κ2) is 5.55. The lowest BCUT2D eigenvalue weighted by Gasteiger charge is -2.17. The fraction of sp³-hybridized carbons (Fsp3) is 0.500. The van der Waals surface area contributed by atoms with Crippen LogP contribution in [0, 0.1) is 12.0 Å². The molecule has 1 aromatic rings. The van der Waals surface area contributed by atoms with Crippen LogP contribution in [0.25, 0.3) is 4.85 Å². The number of hydrogen-bond acceptors (Lipinski definition) is 1. The highest BCUT2D eigenvalue weighted by Gasteiger charge is 2.09. The smallest absolute Gasteiger partial charge is 0.187 e. The van der Waals surface area contributed by atoms with Gasteiger partial charge in [-0.05, 0) is 30.4 Å². The van der Waals surface area contributed by atoms with Gasteiger partial charge < -0.3 is 4.74 Å². The van der Waals surface area contributed by atoms with Gasteiger partial charge in [-0.2, -0.15) is 0 Å². The van der Waals surface area contributed by atoms with Crippen molar-refractivity contribution in [3.8, 4) is 5.75 Å². The van der Waals surface area contributed by atoms with E-state index in [9.17, 15) is 0 Å². The van der Waals surface area contributed by atoms with E-state index >= 15 is 0 Å². The van der Waals surface area contributed by atoms with Crippen LogP contribution in [-0.4, -0.2) is 6.61 Å². The van der Waals surface area contributed by atoms with Crippen molar-refractivity contribution in [2.24, 2.45) is 5.41 Å². The molecule has 0 spiro atoms. The fourth-order valence-corrected chi connectivity index (χ4v) is 1.41. The highest BCUT2D eigenvalue weighted by molar-refractivity contribution is 5.46. The monoisotopic (exact) mass is 217 g/mol. The minimum absolute atomic E-state index is 0.372. The Balaban J connectivity index is 2.30. The van der Waals surface area contributed by atoms with E-state index < -0.39 is 0 Å². The zero-order valence-electron chi connectivity index (χ0n) is 10.3. The largest absolute Gasteiger partial charge is 0.494 e. The highest BCUT2D eigenvalue weighted by Crippen LogP contribution is 2.21. The van der Waals surface area contributed by atoms with Crippen molar-refractivity contribution in [2.45, 2.75) is 33.6 Å². The van der Waals surface area contributed by atoms with Crippen LogP contribution >= 0.6 is 0 Å². The minimum atomic E-state index is 0.372. The fourth-order valence-electron chi connectivity index (χ4n) is 1.41. The van der Waals surface area contributed by atoms with E-state index in [1.165, 1.54) is 0 Å². The molecule has 2 heteroatoms. The first-order valence-corrected chi connectivity index (χ1v) is 5.61. The maximum Gasteiger partial charge on any atom is 0.187 e. The summed E-state index contributed by atoms with van der Waals surface area (Å²) in [7, 11) is 0. The highest BCUT2D eigenvalue weighted by atomic mass is 16.5. The van der Waals surface area contributed by atoms with Gasteiger partial charge in [-0.15, -0.1) is 0 Å². The molecule has 0 aromatic heterocycles. The van der Waals surface area contributed by atoms with Gasteiger partial charge in [0.05, 0.1) is 13.2 Å². The molecule has 0 aliphatic heterocycles. The van der Waals surface area contributed by atoms with Crippen LogP contribution in [0.15, 0.2) is 24.3 Å². The number of hydrogen-bond donors (Lipinski definition) is 0. The van der Waals surface area contributed by atoms with Crippen LogP contribution < -0.4 is 4.74 Å². The van der Waals surface area contributed by atoms with Crippen LogP contribution in [-0.2, 0) is 0 Å². The van der Waals surface area contributed by atoms with Crippen molar-refractivity contribution in [3.63, 3.8) is 0 Å². The Morgan fingerprint density at radius 2 is 1.81 bits per heavy atom. The molecule has 1 aromatic carbocycles. The lowest BCUT2D eigenvalue weighted by atomic mass is 9.91. The molecular weight excluding hydrogens is 198 g/mol. The molecule has 86 valence electrons. The minimum Gasteiger partial charge on any atom is -0.494 e. The van der Waals surface area contributed by atoms with Gasteiger partial charge in [0.15, 0.2) is 5.69 Å². The van der Waals surface area contributed by atoms with E-state index in [-0.39, 0.29) is 0 Å². The van der Waals surface area contributed by atoms with Crippen LogP contribution in [0.4, 0.5) is 5.69 Å². The second-order valence-electron chi connectivity index (χ2n) is 5.12. The first-order valence-electron chi connectivity index (χ1n) is 5.61. The Hall–Kier alpha value is -1.49. The molecule has 0 heterocycles. The maximum atomic E-state index is 6.83. The predicted octanol–water partition coefficient (Wildman–Crippen LogP) is 4.44. The first-order chi connectivity index (χ1) is 7.51. The zero-order valence-corrected chi connectivity index (χ0v) is 10.3. The zero-order chi connectivity index (χ0) is 12.0. The number of rotatable bonds is 4. The average molecular weight is 217 g/mol. The Morgan fingerprint density at radius 1 is 1.19 bits per heavy atom. The summed E-state index contributed by atoms with van der Waals surface area (Å²) in [5.41, 5.74) is 1.03. The van der Waals surface area contributed by atoms with E-state index in [1.807, 2.05) is 12.1 Å². The molecule has 0 bridgehead atoms. The molecule has 0 unspecified atom stereocenters. The summed E-state index contributed by atoms with van der Waals surface area (Å²) in [5.74, 6) is 0.848. The molecule has 0 radical (unpaired) electrons. The topological polar surface area (TPSA) is 13.6 Å². The third kappa shape index (κ3) is 4.84. The molecule has 0 fully saturated rings. The summed E-state index contributed by atoms with van der Waals surface area (Å²) in [6.45, 7) is 14.3. The van der Waals surface area contributed by atoms with Crippen molar-refractivity contribution in [1.82, 2.24) is 0 Å². The Morgan fingerprint density at radius 3 is 2.31 bits per heavy atom. The summed E-state index contributed by atoms with van der Waals surface area (Å²) in [5, 5.41) is 0. The molecule has 0 saturated heterocycles. The second-order valence-corrected chi connectivity index (χ2v) is 5.12. The molecule has 0 N–H and O–H groups in total. The molecule has 1 rings (SSSR count). The number of benzene rings is 1. The first kappa shape index (κ1) is 12.6. The van der Waals surface area contributed by atoms with Crippen molar-refractivity contribution < 1.29 is 4.74 Å². The van der Waals surface area contributed by atoms with Gasteiger partial charge in [0.2, 0.25) is 0 Å². The van der Waals surface area contributed by atoms with Crippen molar-refractivity contribution in [2.75, 3.05) is 6.61 Å². The summed E-state index contributed by atoms with van der Waals surface area (Å²) >= 11 is 0. The van der Waals surface area contributed by atoms with E-state index in [4.69, 9.17) is 11.3 Å². The number of ether oxygens (including phenoxy) is 1. The molecule has 2 nitrogen and oxygen atoms in total. The van der Waals surface area contributed by atoms with Gasteiger partial charge in [-0.25, -0.2) is 4.85 Å². The van der Waals surface area contributed by atoms with Crippen molar-refractivity contribution >= 4 is 5.69 Å². The SMILES string of the molecule is [C-]#[N+]c1ccc(OCCCC(C)(C)C)cc1. The van der Waals surface area contributed by atoms with E-state index in [1.54, 1.807) is 12.1 Å². The van der Waals surface area contributed by atoms with Crippen LogP contribution in [0.3, 0.4) is 0 Å². The molecule has 0 aliphatic rings. The maximum absolute atomic E-state index is 6.83. The molecule has 16 heavy (non-hydrogen) atoms. The summed E-state index contributed by atoms with van der Waals surface area (Å²) in [6.07, 6.45) is 2.22. The van der Waals surface area contributed by atoms with Gasteiger partial charge in [-0.1, -0.05) is 32.9 Å². The van der Waals surface area contributed by atoms with Gasteiger partial charge in [0, 0.05) is 0 Å². The summed E-state index contributed by atoms with van der Waals surface area (Å²) in [6, 6.07) is 7.27. The Bertz CT molecular complexity index is 354. The van der Waals surface area contributed by atoms with Crippen molar-refractivity contribution in [1.29, 1.82) is 0 Å². The molecule has 0 saturated carbocycles. The van der Waals surface area contributed by atoms with Crippen LogP contribution in [0.1, 0.15) is 33.6 Å². The predicted molar refractivity (Wildman–Crippen MR) is 66.9 cm³/mol. The van der Waals surface area contributed by atoms with E-state index in [2.05, 4.69) is 25.6 Å². The van der Waals surface area contributed by atoms with E-state index in [0.717, 1.165) is 25.2 Å². The molecular formula is C14H19NO. The summed E-state index contributed by atoms with van der Waals surface area (Å²) < 4.78 is 5.60. The van der Waals surface area contributed by atoms with Gasteiger partial charge in [-0.3, -0.25) is 0 Å². The molecule has 0 atom stereocenters. The summed E-state index contributed by atoms with van der Waals surface area (Å²) in [4.78, 5) is 3.33. The van der Waals surface area contributed by atoms with Crippen LogP contribution in [0.2, 0.25) is 0 Å². The molecule has 0 amide bonds. The van der Waals surface area contributed by atoms with E-state index in [0.29, 0.717) is 11.1 Å². The standard InChI is InChI=1S/C14H19NO/c1-14(2,3)10-5-11-16-13-8-6-12(15-4)7-9-13/h6-9H,5,10-11H2,1-3H3. The number of nitrogens with zero attached hydrogens (tertiary/aromatic N) is 1. The third-order valence-electron chi connectivity index (χ3n) is 2.31. The van der Waals surface area contributed by atoms with Gasteiger partial charge in [0.1, 0.15) is 5.75 Å². The van der Waals surface area contributed by atoms with Crippen LogP contribution in [0.5, 0.6) is 5.75 Å². The van der Waals surface area contributed by atoms with Gasteiger partial charge in [0.25, 0.3) is 0 Å². The normalized spacial score (nSPS) is 10.9. The third-order valence-corrected chi connectivity index (χ3v) is 2.31. The Labute approximate surface area is 98.1 Å². The lowest BCUT2D eigenvalue weighted by molar-refractivity contribution is 0.269. The quantitative estimate of drug-likeness (QED) is 0.537. The van der Waals surface area contributed by atoms with Crippen molar-refractivity contribution in [3.05, 3.63) is 35.7 Å². The Kier molecular flexibility index (Phi) is 4.37. The molecule has 0 aliphatic carbocycles.